The Morgan fingerprint density at radius 3 is 2.50 bits per heavy atom. The number of rotatable bonds is 2. The fourth-order valence-electron chi connectivity index (χ4n) is 3.05. The number of aryl methyl sites for hydroxylation is 1. The minimum atomic E-state index is -4.16. The lowest BCUT2D eigenvalue weighted by Gasteiger charge is -2.70. The average Bonchev–Trinajstić information content (AvgIpc) is 2.52. The molecule has 4 nitrogen and oxygen atoms in total. The molecule has 0 aliphatic heterocycles. The Balaban J connectivity index is 1.65. The Hall–Kier alpha value is -1.53. The second-order valence-electron chi connectivity index (χ2n) is 5.34. The Labute approximate surface area is 101 Å². The van der Waals surface area contributed by atoms with Crippen molar-refractivity contribution in [2.24, 2.45) is 5.41 Å². The van der Waals surface area contributed by atoms with Crippen molar-refractivity contribution in [3.8, 4) is 0 Å². The van der Waals surface area contributed by atoms with E-state index in [1.54, 1.807) is 6.92 Å². The van der Waals surface area contributed by atoms with Gasteiger partial charge >= 0.3 is 6.18 Å². The van der Waals surface area contributed by atoms with E-state index in [0.717, 1.165) is 0 Å². The van der Waals surface area contributed by atoms with Crippen molar-refractivity contribution in [1.82, 2.24) is 10.5 Å². The Kier molecular flexibility index (Phi) is 1.97. The SMILES string of the molecule is Cc1oncc1C(=O)NC12CC(C(F)(F)F)(C1)C2. The highest BCUT2D eigenvalue weighted by Gasteiger charge is 2.79. The van der Waals surface area contributed by atoms with Gasteiger partial charge in [0.05, 0.1) is 11.6 Å². The number of nitrogens with zero attached hydrogens (tertiary/aromatic N) is 1. The fourth-order valence-corrected chi connectivity index (χ4v) is 3.05. The van der Waals surface area contributed by atoms with Crippen molar-refractivity contribution in [3.05, 3.63) is 17.5 Å². The summed E-state index contributed by atoms with van der Waals surface area (Å²) in [6.45, 7) is 1.58. The molecule has 1 N–H and O–H groups in total. The minimum Gasteiger partial charge on any atom is -0.361 e. The van der Waals surface area contributed by atoms with Crippen molar-refractivity contribution < 1.29 is 22.5 Å². The number of nitrogens with one attached hydrogen (secondary N) is 1. The molecule has 18 heavy (non-hydrogen) atoms. The predicted octanol–water partition coefficient (Wildman–Crippen LogP) is 2.20. The third-order valence-electron chi connectivity index (χ3n) is 4.01. The molecule has 0 unspecified atom stereocenters. The first-order valence-corrected chi connectivity index (χ1v) is 5.58. The number of hydrogen-bond donors (Lipinski definition) is 1. The number of carbonyl (C=O) groups is 1. The molecule has 3 aliphatic carbocycles. The van der Waals surface area contributed by atoms with Crippen LogP contribution in [-0.4, -0.2) is 22.8 Å². The molecule has 0 atom stereocenters. The molecular weight excluding hydrogens is 249 g/mol. The van der Waals surface area contributed by atoms with Crippen LogP contribution in [0.15, 0.2) is 10.7 Å². The lowest BCUT2D eigenvalue weighted by molar-refractivity contribution is -0.336. The molecule has 2 bridgehead atoms. The summed E-state index contributed by atoms with van der Waals surface area (Å²) in [7, 11) is 0. The van der Waals surface area contributed by atoms with Gasteiger partial charge in [-0.2, -0.15) is 13.2 Å². The fraction of sp³-hybridized carbons (Fsp3) is 0.636. The van der Waals surface area contributed by atoms with Crippen molar-refractivity contribution >= 4 is 5.91 Å². The normalized spacial score (nSPS) is 33.6. The lowest BCUT2D eigenvalue weighted by atomic mass is 9.39. The van der Waals surface area contributed by atoms with Crippen LogP contribution in [0.2, 0.25) is 0 Å². The van der Waals surface area contributed by atoms with Gasteiger partial charge in [0.2, 0.25) is 0 Å². The molecule has 3 fully saturated rings. The predicted molar refractivity (Wildman–Crippen MR) is 53.8 cm³/mol. The summed E-state index contributed by atoms with van der Waals surface area (Å²) in [6.07, 6.45) is -2.93. The monoisotopic (exact) mass is 260 g/mol. The molecule has 1 amide bonds. The van der Waals surface area contributed by atoms with E-state index >= 15 is 0 Å². The van der Waals surface area contributed by atoms with Crippen molar-refractivity contribution in [2.45, 2.75) is 37.9 Å². The first kappa shape index (κ1) is 11.6. The molecule has 0 saturated heterocycles. The van der Waals surface area contributed by atoms with Gasteiger partial charge in [0.1, 0.15) is 11.3 Å². The molecule has 1 aromatic rings. The van der Waals surface area contributed by atoms with Crippen molar-refractivity contribution in [1.29, 1.82) is 0 Å². The molecule has 1 aromatic heterocycles. The molecule has 0 spiro atoms. The Bertz CT molecular complexity index is 501. The molecule has 3 aliphatic rings. The van der Waals surface area contributed by atoms with Crippen LogP contribution in [0, 0.1) is 12.3 Å². The number of halogens is 3. The highest BCUT2D eigenvalue weighted by molar-refractivity contribution is 5.95. The van der Waals surface area contributed by atoms with Gasteiger partial charge in [-0.25, -0.2) is 0 Å². The van der Waals surface area contributed by atoms with Gasteiger partial charge in [-0.05, 0) is 26.2 Å². The van der Waals surface area contributed by atoms with Crippen LogP contribution in [0.4, 0.5) is 13.2 Å². The largest absolute Gasteiger partial charge is 0.394 e. The first-order valence-electron chi connectivity index (χ1n) is 5.58. The number of hydrogen-bond acceptors (Lipinski definition) is 3. The second kappa shape index (κ2) is 3.07. The van der Waals surface area contributed by atoms with Gasteiger partial charge in [0, 0.05) is 5.54 Å². The maximum absolute atomic E-state index is 12.6. The highest BCUT2D eigenvalue weighted by Crippen LogP contribution is 2.73. The van der Waals surface area contributed by atoms with Gasteiger partial charge in [-0.1, -0.05) is 5.16 Å². The molecule has 4 rings (SSSR count). The molecule has 0 radical (unpaired) electrons. The van der Waals surface area contributed by atoms with Gasteiger partial charge in [-0.3, -0.25) is 4.79 Å². The van der Waals surface area contributed by atoms with E-state index in [4.69, 9.17) is 4.52 Å². The molecular formula is C11H11F3N2O2. The number of aromatic nitrogens is 1. The summed E-state index contributed by atoms with van der Waals surface area (Å²) in [5, 5.41) is 6.13. The van der Waals surface area contributed by atoms with E-state index in [-0.39, 0.29) is 24.8 Å². The minimum absolute atomic E-state index is 0.0143. The average molecular weight is 260 g/mol. The van der Waals surface area contributed by atoms with Gasteiger partial charge in [-0.15, -0.1) is 0 Å². The Morgan fingerprint density at radius 1 is 1.44 bits per heavy atom. The first-order chi connectivity index (χ1) is 8.27. The summed E-state index contributed by atoms with van der Waals surface area (Å²) in [4.78, 5) is 11.8. The van der Waals surface area contributed by atoms with E-state index in [0.29, 0.717) is 5.76 Å². The van der Waals surface area contributed by atoms with E-state index < -0.39 is 23.0 Å². The third kappa shape index (κ3) is 1.33. The molecule has 3 saturated carbocycles. The third-order valence-corrected chi connectivity index (χ3v) is 4.01. The summed E-state index contributed by atoms with van der Waals surface area (Å²) in [6, 6.07) is 0. The van der Waals surface area contributed by atoms with Crippen LogP contribution in [-0.2, 0) is 0 Å². The standard InChI is InChI=1S/C11H11F3N2O2/c1-6-7(2-15-18-6)8(17)16-10-3-9(4-10,5-10)11(12,13)14/h2H,3-5H2,1H3,(H,16,17). The van der Waals surface area contributed by atoms with Gasteiger partial charge in [0.25, 0.3) is 5.91 Å². The molecule has 0 aromatic carbocycles. The molecule has 1 heterocycles. The number of carbonyl (C=O) groups excluding carboxylic acids is 1. The summed E-state index contributed by atoms with van der Waals surface area (Å²) in [5.41, 5.74) is -1.94. The van der Waals surface area contributed by atoms with E-state index in [9.17, 15) is 18.0 Å². The van der Waals surface area contributed by atoms with Crippen LogP contribution in [0.1, 0.15) is 35.4 Å². The summed E-state index contributed by atoms with van der Waals surface area (Å²) in [5.74, 6) is -0.0474. The van der Waals surface area contributed by atoms with Crippen LogP contribution in [0.3, 0.4) is 0 Å². The van der Waals surface area contributed by atoms with E-state index in [1.165, 1.54) is 6.20 Å². The summed E-state index contributed by atoms with van der Waals surface area (Å²) >= 11 is 0. The maximum Gasteiger partial charge on any atom is 0.394 e. The van der Waals surface area contributed by atoms with Gasteiger partial charge in [0.15, 0.2) is 0 Å². The van der Waals surface area contributed by atoms with Crippen molar-refractivity contribution in [2.75, 3.05) is 0 Å². The van der Waals surface area contributed by atoms with Crippen LogP contribution >= 0.6 is 0 Å². The quantitative estimate of drug-likeness (QED) is 0.886. The lowest BCUT2D eigenvalue weighted by Crippen LogP contribution is -2.78. The van der Waals surface area contributed by atoms with Crippen LogP contribution in [0.5, 0.6) is 0 Å². The zero-order valence-corrected chi connectivity index (χ0v) is 9.60. The maximum atomic E-state index is 12.6. The highest BCUT2D eigenvalue weighted by atomic mass is 19.4. The van der Waals surface area contributed by atoms with E-state index in [1.807, 2.05) is 0 Å². The smallest absolute Gasteiger partial charge is 0.361 e. The molecule has 7 heteroatoms. The number of alkyl halides is 3. The number of amides is 1. The summed E-state index contributed by atoms with van der Waals surface area (Å²) < 4.78 is 42.6. The van der Waals surface area contributed by atoms with Crippen LogP contribution < -0.4 is 5.32 Å². The van der Waals surface area contributed by atoms with Gasteiger partial charge < -0.3 is 9.84 Å². The second-order valence-corrected chi connectivity index (χ2v) is 5.34. The zero-order chi connectivity index (χ0) is 13.2. The van der Waals surface area contributed by atoms with Crippen LogP contribution in [0.25, 0.3) is 0 Å². The molecule has 98 valence electrons. The van der Waals surface area contributed by atoms with Crippen molar-refractivity contribution in [3.63, 3.8) is 0 Å². The Morgan fingerprint density at radius 2 is 2.06 bits per heavy atom. The van der Waals surface area contributed by atoms with E-state index in [2.05, 4.69) is 10.5 Å². The zero-order valence-electron chi connectivity index (χ0n) is 9.60. The topological polar surface area (TPSA) is 55.1 Å².